The van der Waals surface area contributed by atoms with Crippen LogP contribution in [-0.4, -0.2) is 0 Å². The molecular weight excluding hydrogens is 200 g/mol. The molecule has 0 saturated heterocycles. The van der Waals surface area contributed by atoms with Crippen molar-refractivity contribution in [2.24, 2.45) is 0 Å². The Morgan fingerprint density at radius 2 is 1.20 bits per heavy atom. The predicted molar refractivity (Wildman–Crippen MR) is 68.2 cm³/mol. The minimum absolute atomic E-state index is 1.10. The van der Waals surface area contributed by atoms with E-state index in [1.807, 2.05) is 0 Å². The summed E-state index contributed by atoms with van der Waals surface area (Å²) >= 11 is 1.79. The lowest BCUT2D eigenvalue weighted by atomic mass is 10.1. The second-order valence-electron chi connectivity index (χ2n) is 3.69. The van der Waals surface area contributed by atoms with E-state index in [1.165, 1.54) is 20.2 Å². The van der Waals surface area contributed by atoms with Gasteiger partial charge in [0.2, 0.25) is 0 Å². The fourth-order valence-electron chi connectivity index (χ4n) is 1.94. The van der Waals surface area contributed by atoms with Crippen LogP contribution in [0, 0.1) is 13.8 Å². The molecule has 1 heteroatoms. The number of fused-ring (bicyclic) bond motifs is 3. The first kappa shape index (κ1) is 8.93. The molecular formula is C14H10S. The highest BCUT2D eigenvalue weighted by atomic mass is 32.1. The van der Waals surface area contributed by atoms with E-state index >= 15 is 0 Å². The van der Waals surface area contributed by atoms with Crippen molar-refractivity contribution in [1.29, 1.82) is 0 Å². The van der Waals surface area contributed by atoms with Crippen molar-refractivity contribution in [2.75, 3.05) is 0 Å². The van der Waals surface area contributed by atoms with Gasteiger partial charge in [-0.05, 0) is 25.0 Å². The Kier molecular flexibility index (Phi) is 1.83. The van der Waals surface area contributed by atoms with E-state index in [0.29, 0.717) is 0 Å². The topological polar surface area (TPSA) is 0 Å². The molecule has 0 atom stereocenters. The smallest absolute Gasteiger partial charge is 0.0387 e. The second-order valence-corrected chi connectivity index (χ2v) is 4.71. The van der Waals surface area contributed by atoms with Crippen LogP contribution in [0.2, 0.25) is 0 Å². The van der Waals surface area contributed by atoms with E-state index in [-0.39, 0.29) is 0 Å². The van der Waals surface area contributed by atoms with Crippen LogP contribution in [0.25, 0.3) is 20.2 Å². The molecule has 0 aliphatic carbocycles. The molecule has 0 N–H and O–H groups in total. The fourth-order valence-corrected chi connectivity index (χ4v) is 3.12. The van der Waals surface area contributed by atoms with E-state index in [1.54, 1.807) is 11.3 Å². The van der Waals surface area contributed by atoms with Crippen LogP contribution in [0.3, 0.4) is 0 Å². The second kappa shape index (κ2) is 3.07. The van der Waals surface area contributed by atoms with Gasteiger partial charge in [0.15, 0.2) is 0 Å². The zero-order valence-electron chi connectivity index (χ0n) is 8.29. The maximum Gasteiger partial charge on any atom is 0.0387 e. The van der Waals surface area contributed by atoms with Crippen LogP contribution in [-0.2, 0) is 0 Å². The lowest BCUT2D eigenvalue weighted by Gasteiger charge is -1.94. The van der Waals surface area contributed by atoms with Crippen LogP contribution >= 0.6 is 11.3 Å². The standard InChI is InChI=1S/C14H10S/c1-9-5-3-7-11-12-8-4-6-10(2)14(12)15-13(9)11/h3-8H,1-2H2. The fraction of sp³-hybridized carbons (Fsp3) is 0. The maximum absolute atomic E-state index is 4.06. The molecule has 1 aromatic heterocycles. The quantitative estimate of drug-likeness (QED) is 0.515. The highest BCUT2D eigenvalue weighted by molar-refractivity contribution is 7.26. The average molecular weight is 210 g/mol. The van der Waals surface area contributed by atoms with E-state index in [4.69, 9.17) is 0 Å². The van der Waals surface area contributed by atoms with Crippen molar-refractivity contribution in [2.45, 2.75) is 0 Å². The summed E-state index contributed by atoms with van der Waals surface area (Å²) in [6.45, 7) is 8.13. The molecule has 0 aliphatic rings. The molecule has 72 valence electrons. The molecule has 15 heavy (non-hydrogen) atoms. The van der Waals surface area contributed by atoms with Crippen molar-refractivity contribution < 1.29 is 0 Å². The first-order valence-corrected chi connectivity index (χ1v) is 5.67. The number of hydrogen-bond acceptors (Lipinski definition) is 1. The van der Waals surface area contributed by atoms with E-state index in [0.717, 1.165) is 11.1 Å². The normalized spacial score (nSPS) is 11.3. The van der Waals surface area contributed by atoms with Crippen molar-refractivity contribution in [3.8, 4) is 0 Å². The first-order chi connectivity index (χ1) is 7.27. The third kappa shape index (κ3) is 1.20. The van der Waals surface area contributed by atoms with Gasteiger partial charge in [-0.2, -0.15) is 0 Å². The molecule has 0 saturated carbocycles. The van der Waals surface area contributed by atoms with Gasteiger partial charge in [0.05, 0.1) is 0 Å². The third-order valence-electron chi connectivity index (χ3n) is 2.69. The Labute approximate surface area is 93.2 Å². The summed E-state index contributed by atoms with van der Waals surface area (Å²) in [6, 6.07) is 12.5. The Balaban J connectivity index is 2.63. The van der Waals surface area contributed by atoms with Gasteiger partial charge in [-0.25, -0.2) is 0 Å². The molecule has 0 fully saturated rings. The van der Waals surface area contributed by atoms with Crippen molar-refractivity contribution in [1.82, 2.24) is 0 Å². The van der Waals surface area contributed by atoms with Crippen LogP contribution in [0.1, 0.15) is 11.1 Å². The Hall–Kier alpha value is -1.34. The Bertz CT molecular complexity index is 591. The molecule has 1 heterocycles. The summed E-state index contributed by atoms with van der Waals surface area (Å²) < 4.78 is 2.56. The summed E-state index contributed by atoms with van der Waals surface area (Å²) in [5, 5.41) is 2.60. The molecule has 2 radical (unpaired) electrons. The van der Waals surface area contributed by atoms with Gasteiger partial charge in [-0.3, -0.25) is 0 Å². The summed E-state index contributed by atoms with van der Waals surface area (Å²) in [6.07, 6.45) is 0. The molecule has 0 spiro atoms. The minimum Gasteiger partial charge on any atom is -0.135 e. The number of rotatable bonds is 0. The molecule has 0 amide bonds. The van der Waals surface area contributed by atoms with Crippen LogP contribution in [0.15, 0.2) is 36.4 Å². The van der Waals surface area contributed by atoms with E-state index in [9.17, 15) is 0 Å². The Morgan fingerprint density at radius 1 is 0.733 bits per heavy atom. The lowest BCUT2D eigenvalue weighted by molar-refractivity contribution is 1.73. The van der Waals surface area contributed by atoms with Crippen molar-refractivity contribution in [3.05, 3.63) is 61.4 Å². The minimum atomic E-state index is 1.10. The first-order valence-electron chi connectivity index (χ1n) is 4.85. The van der Waals surface area contributed by atoms with Crippen LogP contribution in [0.5, 0.6) is 0 Å². The van der Waals surface area contributed by atoms with Gasteiger partial charge < -0.3 is 0 Å². The largest absolute Gasteiger partial charge is 0.135 e. The SMILES string of the molecule is [CH2]c1cccc2c1sc1c([CH2])cccc12. The molecule has 0 aliphatic heterocycles. The lowest BCUT2D eigenvalue weighted by Crippen LogP contribution is -1.71. The molecule has 3 rings (SSSR count). The third-order valence-corrected chi connectivity index (χ3v) is 4.06. The van der Waals surface area contributed by atoms with Crippen molar-refractivity contribution >= 4 is 31.5 Å². The highest BCUT2D eigenvalue weighted by Crippen LogP contribution is 2.36. The summed E-state index contributed by atoms with van der Waals surface area (Å²) in [5.74, 6) is 0. The van der Waals surface area contributed by atoms with Gasteiger partial charge >= 0.3 is 0 Å². The molecule has 0 bridgehead atoms. The van der Waals surface area contributed by atoms with E-state index < -0.39 is 0 Å². The number of thiophene rings is 1. The monoisotopic (exact) mass is 210 g/mol. The summed E-state index contributed by atoms with van der Waals surface area (Å²) in [7, 11) is 0. The molecule has 2 aromatic carbocycles. The van der Waals surface area contributed by atoms with Gasteiger partial charge in [0.1, 0.15) is 0 Å². The highest BCUT2D eigenvalue weighted by Gasteiger charge is 2.07. The number of benzene rings is 2. The Morgan fingerprint density at radius 3 is 1.67 bits per heavy atom. The average Bonchev–Trinajstić information content (AvgIpc) is 2.60. The van der Waals surface area contributed by atoms with Crippen LogP contribution in [0.4, 0.5) is 0 Å². The van der Waals surface area contributed by atoms with Gasteiger partial charge in [0.25, 0.3) is 0 Å². The van der Waals surface area contributed by atoms with E-state index in [2.05, 4.69) is 50.2 Å². The molecule has 3 aromatic rings. The van der Waals surface area contributed by atoms with Gasteiger partial charge in [-0.1, -0.05) is 36.4 Å². The zero-order chi connectivity index (χ0) is 10.4. The maximum atomic E-state index is 4.06. The number of hydrogen-bond donors (Lipinski definition) is 0. The predicted octanol–water partition coefficient (Wildman–Crippen LogP) is 4.42. The van der Waals surface area contributed by atoms with Gasteiger partial charge in [-0.15, -0.1) is 11.3 Å². The zero-order valence-corrected chi connectivity index (χ0v) is 9.10. The molecule has 0 nitrogen and oxygen atoms in total. The summed E-state index contributed by atoms with van der Waals surface area (Å²) in [4.78, 5) is 0. The van der Waals surface area contributed by atoms with Crippen molar-refractivity contribution in [3.63, 3.8) is 0 Å². The summed E-state index contributed by atoms with van der Waals surface area (Å²) in [5.41, 5.74) is 2.21. The van der Waals surface area contributed by atoms with Gasteiger partial charge in [0, 0.05) is 20.2 Å². The molecule has 0 unspecified atom stereocenters. The van der Waals surface area contributed by atoms with Crippen LogP contribution < -0.4 is 0 Å².